The van der Waals surface area contributed by atoms with Crippen molar-refractivity contribution in [3.05, 3.63) is 42.2 Å². The summed E-state index contributed by atoms with van der Waals surface area (Å²) in [5.74, 6) is -0.206. The van der Waals surface area contributed by atoms with Crippen LogP contribution in [0.25, 0.3) is 16.9 Å². The third kappa shape index (κ3) is 5.43. The molecule has 0 radical (unpaired) electrons. The molecule has 0 bridgehead atoms. The molecule has 38 heavy (non-hydrogen) atoms. The van der Waals surface area contributed by atoms with Crippen molar-refractivity contribution in [2.75, 3.05) is 20.3 Å². The number of aromatic nitrogens is 2. The Bertz CT molecular complexity index is 1340. The fourth-order valence-corrected chi connectivity index (χ4v) is 4.68. The second-order valence-electron chi connectivity index (χ2n) is 9.35. The molecule has 10 nitrogen and oxygen atoms in total. The number of nitrogens with zero attached hydrogens (tertiary/aromatic N) is 3. The van der Waals surface area contributed by atoms with Crippen LogP contribution in [-0.4, -0.2) is 70.3 Å². The molecule has 3 heterocycles. The van der Waals surface area contributed by atoms with Crippen LogP contribution >= 0.6 is 0 Å². The summed E-state index contributed by atoms with van der Waals surface area (Å²) in [7, 11) is 1.36. The minimum atomic E-state index is -3.13. The lowest BCUT2D eigenvalue weighted by Crippen LogP contribution is -2.46. The number of pyridine rings is 1. The Balaban J connectivity index is 1.41. The van der Waals surface area contributed by atoms with Gasteiger partial charge in [0.1, 0.15) is 35.1 Å². The van der Waals surface area contributed by atoms with Gasteiger partial charge in [0, 0.05) is 30.4 Å². The van der Waals surface area contributed by atoms with Gasteiger partial charge in [-0.25, -0.2) is 9.78 Å². The number of carbonyl (C=O) groups is 2. The van der Waals surface area contributed by atoms with Crippen molar-refractivity contribution in [1.29, 1.82) is 0 Å². The number of carbonyl (C=O) groups excluding carboxylic acids is 1. The number of ether oxygens (including phenoxy) is 3. The molecule has 1 saturated carbocycles. The number of rotatable bonds is 9. The zero-order valence-corrected chi connectivity index (χ0v) is 20.7. The molecule has 202 valence electrons. The van der Waals surface area contributed by atoms with Gasteiger partial charge >= 0.3 is 12.7 Å². The minimum absolute atomic E-state index is 0.0202. The summed E-state index contributed by atoms with van der Waals surface area (Å²) in [4.78, 5) is 30.1. The van der Waals surface area contributed by atoms with Gasteiger partial charge in [-0.15, -0.1) is 0 Å². The van der Waals surface area contributed by atoms with E-state index in [-0.39, 0.29) is 35.8 Å². The van der Waals surface area contributed by atoms with Crippen molar-refractivity contribution < 1.29 is 37.7 Å². The molecule has 2 aliphatic rings. The summed E-state index contributed by atoms with van der Waals surface area (Å²) < 4.78 is 44.3. The maximum absolute atomic E-state index is 13.3. The largest absolute Gasteiger partial charge is 0.496 e. The van der Waals surface area contributed by atoms with Gasteiger partial charge in [-0.05, 0) is 50.3 Å². The molecule has 3 aromatic rings. The first-order chi connectivity index (χ1) is 18.3. The Kier molecular flexibility index (Phi) is 7.21. The highest BCUT2D eigenvalue weighted by Crippen LogP contribution is 2.37. The smallest absolute Gasteiger partial charge is 0.407 e. The zero-order chi connectivity index (χ0) is 26.8. The number of carboxylic acid groups (broad SMARTS) is 1. The molecule has 12 heteroatoms. The number of alkyl halides is 2. The van der Waals surface area contributed by atoms with Crippen LogP contribution in [0.3, 0.4) is 0 Å². The molecule has 1 aliphatic carbocycles. The van der Waals surface area contributed by atoms with Crippen LogP contribution in [0, 0.1) is 0 Å². The Morgan fingerprint density at radius 2 is 1.97 bits per heavy atom. The first-order valence-corrected chi connectivity index (χ1v) is 12.4. The molecule has 0 spiro atoms. The Morgan fingerprint density at radius 1 is 1.18 bits per heavy atom. The number of benzene rings is 1. The molecule has 2 amide bonds. The van der Waals surface area contributed by atoms with E-state index in [1.807, 2.05) is 0 Å². The first-order valence-electron chi connectivity index (χ1n) is 12.4. The highest BCUT2D eigenvalue weighted by molar-refractivity contribution is 6.01. The second kappa shape index (κ2) is 10.7. The molecule has 1 atom stereocenters. The van der Waals surface area contributed by atoms with E-state index in [1.54, 1.807) is 35.0 Å². The molecule has 1 aromatic carbocycles. The summed E-state index contributed by atoms with van der Waals surface area (Å²) in [6, 6.07) is 6.18. The predicted octanol–water partition coefficient (Wildman–Crippen LogP) is 4.41. The summed E-state index contributed by atoms with van der Waals surface area (Å²) >= 11 is 0. The number of amides is 2. The van der Waals surface area contributed by atoms with E-state index < -0.39 is 18.6 Å². The lowest BCUT2D eigenvalue weighted by atomic mass is 10.0. The number of methoxy groups -OCH3 is 1. The highest BCUT2D eigenvalue weighted by atomic mass is 19.3. The fourth-order valence-electron chi connectivity index (χ4n) is 4.68. The van der Waals surface area contributed by atoms with Gasteiger partial charge in [-0.2, -0.15) is 8.78 Å². The van der Waals surface area contributed by atoms with Gasteiger partial charge in [0.05, 0.1) is 25.0 Å². The average molecular weight is 531 g/mol. The lowest BCUT2D eigenvalue weighted by molar-refractivity contribution is -0.0502. The van der Waals surface area contributed by atoms with Crippen molar-refractivity contribution >= 4 is 17.6 Å². The van der Waals surface area contributed by atoms with Gasteiger partial charge in [0.15, 0.2) is 0 Å². The van der Waals surface area contributed by atoms with E-state index in [4.69, 9.17) is 14.2 Å². The van der Waals surface area contributed by atoms with Gasteiger partial charge in [0.25, 0.3) is 5.91 Å². The molecule has 2 fully saturated rings. The number of piperidine rings is 1. The number of hydrogen-bond acceptors (Lipinski definition) is 6. The number of imidazole rings is 1. The predicted molar refractivity (Wildman–Crippen MR) is 132 cm³/mol. The summed E-state index contributed by atoms with van der Waals surface area (Å²) in [5, 5.41) is 12.2. The molecule has 1 aliphatic heterocycles. The van der Waals surface area contributed by atoms with E-state index in [2.05, 4.69) is 10.3 Å². The van der Waals surface area contributed by atoms with E-state index in [9.17, 15) is 23.5 Å². The maximum atomic E-state index is 13.3. The van der Waals surface area contributed by atoms with Crippen molar-refractivity contribution in [2.24, 2.45) is 0 Å². The van der Waals surface area contributed by atoms with Gasteiger partial charge < -0.3 is 29.5 Å². The van der Waals surface area contributed by atoms with Crippen LogP contribution in [0.15, 0.2) is 36.7 Å². The first kappa shape index (κ1) is 25.6. The third-order valence-corrected chi connectivity index (χ3v) is 6.74. The average Bonchev–Trinajstić information content (AvgIpc) is 3.61. The van der Waals surface area contributed by atoms with Crippen LogP contribution in [0.2, 0.25) is 0 Å². The van der Waals surface area contributed by atoms with Crippen molar-refractivity contribution in [3.8, 4) is 28.5 Å². The SMILES string of the molecule is COc1cc(-c2cnc3cc(OCC4CCCCN4C(=O)O)ccn23)cc(OC(F)F)c1C(=O)NC1CC1. The van der Waals surface area contributed by atoms with Crippen molar-refractivity contribution in [3.63, 3.8) is 0 Å². The summed E-state index contributed by atoms with van der Waals surface area (Å²) in [6.45, 7) is -2.41. The third-order valence-electron chi connectivity index (χ3n) is 6.74. The number of hydrogen-bond donors (Lipinski definition) is 2. The maximum Gasteiger partial charge on any atom is 0.407 e. The number of likely N-dealkylation sites (tertiary alicyclic amines) is 1. The Hall–Kier alpha value is -4.09. The molecule has 1 saturated heterocycles. The molecular formula is C26H28F2N4O6. The van der Waals surface area contributed by atoms with E-state index >= 15 is 0 Å². The Morgan fingerprint density at radius 3 is 2.68 bits per heavy atom. The lowest BCUT2D eigenvalue weighted by Gasteiger charge is -2.33. The zero-order valence-electron chi connectivity index (χ0n) is 20.7. The van der Waals surface area contributed by atoms with Crippen LogP contribution in [0.1, 0.15) is 42.5 Å². The minimum Gasteiger partial charge on any atom is -0.496 e. The van der Waals surface area contributed by atoms with Gasteiger partial charge in [0.2, 0.25) is 0 Å². The van der Waals surface area contributed by atoms with Gasteiger partial charge in [-0.3, -0.25) is 9.20 Å². The topological polar surface area (TPSA) is 115 Å². The van der Waals surface area contributed by atoms with Crippen molar-refractivity contribution in [2.45, 2.75) is 50.8 Å². The monoisotopic (exact) mass is 530 g/mol. The number of halogens is 2. The van der Waals surface area contributed by atoms with Gasteiger partial charge in [-0.1, -0.05) is 0 Å². The second-order valence-corrected chi connectivity index (χ2v) is 9.35. The quantitative estimate of drug-likeness (QED) is 0.421. The van der Waals surface area contributed by atoms with Crippen LogP contribution in [0.4, 0.5) is 13.6 Å². The molecule has 2 N–H and O–H groups in total. The standard InChI is InChI=1S/C26H28F2N4O6/c1-36-20-10-15(11-21(38-25(27)28)23(20)24(33)30-16-5-6-16)19-13-29-22-12-18(7-9-32(19)22)37-14-17-4-2-3-8-31(17)26(34)35/h7,9-13,16-17,25H,2-6,8,14H2,1H3,(H,30,33)(H,34,35). The Labute approximate surface area is 217 Å². The van der Waals surface area contributed by atoms with Crippen molar-refractivity contribution in [1.82, 2.24) is 19.6 Å². The fraction of sp³-hybridized carbons (Fsp3) is 0.423. The van der Waals surface area contributed by atoms with E-state index in [1.165, 1.54) is 18.1 Å². The van der Waals surface area contributed by atoms with Crippen LogP contribution in [0.5, 0.6) is 17.2 Å². The molecule has 1 unspecified atom stereocenters. The highest BCUT2D eigenvalue weighted by Gasteiger charge is 2.29. The summed E-state index contributed by atoms with van der Waals surface area (Å²) in [6.07, 6.45) is 6.53. The molecule has 5 rings (SSSR count). The number of fused-ring (bicyclic) bond motifs is 1. The molecule has 2 aromatic heterocycles. The van der Waals surface area contributed by atoms with E-state index in [0.717, 1.165) is 32.1 Å². The van der Waals surface area contributed by atoms with Crippen LogP contribution in [-0.2, 0) is 0 Å². The summed E-state index contributed by atoms with van der Waals surface area (Å²) in [5.41, 5.74) is 1.46. The van der Waals surface area contributed by atoms with Crippen LogP contribution < -0.4 is 19.5 Å². The molecular weight excluding hydrogens is 502 g/mol. The van der Waals surface area contributed by atoms with E-state index in [0.29, 0.717) is 29.2 Å². The normalized spacial score (nSPS) is 17.5. The number of nitrogens with one attached hydrogen (secondary N) is 1.